The van der Waals surface area contributed by atoms with Crippen LogP contribution in [0.25, 0.3) is 0 Å². The van der Waals surface area contributed by atoms with E-state index < -0.39 is 16.1 Å². The molecule has 1 N–H and O–H groups in total. The minimum absolute atomic E-state index is 0.0626. The van der Waals surface area contributed by atoms with E-state index in [4.69, 9.17) is 0 Å². The van der Waals surface area contributed by atoms with E-state index in [2.05, 4.69) is 21.8 Å². The smallest absolute Gasteiger partial charge is 0.241 e. The van der Waals surface area contributed by atoms with Crippen molar-refractivity contribution in [3.63, 3.8) is 0 Å². The van der Waals surface area contributed by atoms with Crippen LogP contribution in [0, 0.1) is 5.92 Å². The van der Waals surface area contributed by atoms with Crippen molar-refractivity contribution in [2.45, 2.75) is 44.6 Å². The van der Waals surface area contributed by atoms with Gasteiger partial charge >= 0.3 is 0 Å². The summed E-state index contributed by atoms with van der Waals surface area (Å²) in [6.45, 7) is 8.51. The Hall–Kier alpha value is -2.91. The first-order chi connectivity index (χ1) is 16.7. The van der Waals surface area contributed by atoms with Crippen molar-refractivity contribution in [3.05, 3.63) is 54.1 Å². The second-order valence-corrected chi connectivity index (χ2v) is 11.4. The molecular weight excluding hydrogens is 464 g/mol. The molecule has 4 rings (SSSR count). The molecule has 0 bridgehead atoms. The van der Waals surface area contributed by atoms with Crippen LogP contribution in [0.15, 0.2) is 53.4 Å². The molecule has 0 aliphatic carbocycles. The summed E-state index contributed by atoms with van der Waals surface area (Å²) in [5, 5.41) is 0. The molecule has 188 valence electrons. The first kappa shape index (κ1) is 25.2. The lowest BCUT2D eigenvalue weighted by molar-refractivity contribution is -0.133. The molecule has 2 aliphatic heterocycles. The second-order valence-electron chi connectivity index (χ2n) is 9.66. The van der Waals surface area contributed by atoms with Crippen molar-refractivity contribution in [1.29, 1.82) is 0 Å². The van der Waals surface area contributed by atoms with E-state index in [-0.39, 0.29) is 22.6 Å². The first-order valence-electron chi connectivity index (χ1n) is 12.2. The highest BCUT2D eigenvalue weighted by atomic mass is 32.2. The fraction of sp³-hybridized carbons (Fsp3) is 0.462. The highest BCUT2D eigenvalue weighted by Gasteiger charge is 2.32. The third-order valence-corrected chi connectivity index (χ3v) is 8.12. The van der Waals surface area contributed by atoms with Crippen LogP contribution in [-0.4, -0.2) is 63.9 Å². The molecule has 1 saturated heterocycles. The van der Waals surface area contributed by atoms with Crippen LogP contribution in [0.2, 0.25) is 0 Å². The Morgan fingerprint density at radius 3 is 2.29 bits per heavy atom. The predicted molar refractivity (Wildman–Crippen MR) is 137 cm³/mol. The molecule has 0 aromatic heterocycles. The lowest BCUT2D eigenvalue weighted by Crippen LogP contribution is -2.55. The van der Waals surface area contributed by atoms with Crippen LogP contribution in [0.1, 0.15) is 32.8 Å². The SMILES string of the molecule is CC(=O)N1CCc2cc(S(=O)(=O)N[C@@H](CC(C)C)C(=O)N3CCN(c4ccccc4)CC3)ccc21. The third kappa shape index (κ3) is 5.67. The summed E-state index contributed by atoms with van der Waals surface area (Å²) in [5.41, 5.74) is 2.70. The minimum atomic E-state index is -3.91. The molecule has 35 heavy (non-hydrogen) atoms. The Balaban J connectivity index is 1.47. The topological polar surface area (TPSA) is 90.0 Å². The van der Waals surface area contributed by atoms with Gasteiger partial charge in [-0.25, -0.2) is 8.42 Å². The van der Waals surface area contributed by atoms with Crippen molar-refractivity contribution in [3.8, 4) is 0 Å². The van der Waals surface area contributed by atoms with Gasteiger partial charge in [-0.15, -0.1) is 0 Å². The number of piperazine rings is 1. The molecule has 2 aromatic carbocycles. The Morgan fingerprint density at radius 1 is 0.971 bits per heavy atom. The fourth-order valence-electron chi connectivity index (χ4n) is 4.84. The van der Waals surface area contributed by atoms with Gasteiger partial charge in [0.2, 0.25) is 21.8 Å². The van der Waals surface area contributed by atoms with Crippen molar-refractivity contribution < 1.29 is 18.0 Å². The second kappa shape index (κ2) is 10.4. The number of benzene rings is 2. The van der Waals surface area contributed by atoms with Gasteiger partial charge in [-0.05, 0) is 54.7 Å². The zero-order chi connectivity index (χ0) is 25.2. The van der Waals surface area contributed by atoms with E-state index in [0.29, 0.717) is 45.6 Å². The van der Waals surface area contributed by atoms with Crippen molar-refractivity contribution in [2.24, 2.45) is 5.92 Å². The van der Waals surface area contributed by atoms with Crippen LogP contribution < -0.4 is 14.5 Å². The lowest BCUT2D eigenvalue weighted by Gasteiger charge is -2.38. The van der Waals surface area contributed by atoms with Gasteiger partial charge in [-0.2, -0.15) is 4.72 Å². The van der Waals surface area contributed by atoms with Crippen LogP contribution in [-0.2, 0) is 26.0 Å². The number of anilines is 2. The maximum Gasteiger partial charge on any atom is 0.241 e. The zero-order valence-corrected chi connectivity index (χ0v) is 21.4. The highest BCUT2D eigenvalue weighted by Crippen LogP contribution is 2.30. The predicted octanol–water partition coefficient (Wildman–Crippen LogP) is 2.64. The van der Waals surface area contributed by atoms with Crippen LogP contribution in [0.3, 0.4) is 0 Å². The number of carbonyl (C=O) groups excluding carboxylic acids is 2. The average molecular weight is 499 g/mol. The highest BCUT2D eigenvalue weighted by molar-refractivity contribution is 7.89. The Bertz CT molecular complexity index is 1180. The Labute approximate surface area is 207 Å². The summed E-state index contributed by atoms with van der Waals surface area (Å²) in [5.74, 6) is -0.104. The van der Waals surface area contributed by atoms with Crippen LogP contribution in [0.4, 0.5) is 11.4 Å². The molecule has 0 saturated carbocycles. The minimum Gasteiger partial charge on any atom is -0.368 e. The summed E-state index contributed by atoms with van der Waals surface area (Å²) < 4.78 is 29.3. The number of carbonyl (C=O) groups is 2. The van der Waals surface area contributed by atoms with Gasteiger partial charge in [0.25, 0.3) is 0 Å². The molecular formula is C26H34N4O4S. The van der Waals surface area contributed by atoms with Gasteiger partial charge in [0.05, 0.1) is 4.90 Å². The van der Waals surface area contributed by atoms with Crippen molar-refractivity contribution in [1.82, 2.24) is 9.62 Å². The van der Waals surface area contributed by atoms with E-state index in [9.17, 15) is 18.0 Å². The van der Waals surface area contributed by atoms with Gasteiger partial charge < -0.3 is 14.7 Å². The summed E-state index contributed by atoms with van der Waals surface area (Å²) in [6, 6.07) is 14.1. The molecule has 0 spiro atoms. The van der Waals surface area contributed by atoms with Crippen molar-refractivity contribution in [2.75, 3.05) is 42.5 Å². The monoisotopic (exact) mass is 498 g/mol. The number of hydrogen-bond acceptors (Lipinski definition) is 5. The number of nitrogens with one attached hydrogen (secondary N) is 1. The molecule has 0 unspecified atom stereocenters. The quantitative estimate of drug-likeness (QED) is 0.634. The fourth-order valence-corrected chi connectivity index (χ4v) is 6.09. The number of fused-ring (bicyclic) bond motifs is 1. The van der Waals surface area contributed by atoms with E-state index in [1.807, 2.05) is 32.0 Å². The molecule has 1 fully saturated rings. The molecule has 8 nitrogen and oxygen atoms in total. The van der Waals surface area contributed by atoms with Crippen LogP contribution >= 0.6 is 0 Å². The Morgan fingerprint density at radius 2 is 1.66 bits per heavy atom. The maximum absolute atomic E-state index is 13.4. The first-order valence-corrected chi connectivity index (χ1v) is 13.7. The third-order valence-electron chi connectivity index (χ3n) is 6.65. The number of rotatable bonds is 7. The van der Waals surface area contributed by atoms with Gasteiger partial charge in [0.15, 0.2) is 0 Å². The summed E-state index contributed by atoms with van der Waals surface area (Å²) in [4.78, 5) is 31.0. The van der Waals surface area contributed by atoms with Gasteiger partial charge in [0.1, 0.15) is 6.04 Å². The normalized spacial score (nSPS) is 17.0. The number of para-hydroxylation sites is 1. The number of amides is 2. The van der Waals surface area contributed by atoms with Gasteiger partial charge in [-0.3, -0.25) is 9.59 Å². The van der Waals surface area contributed by atoms with E-state index in [1.165, 1.54) is 13.0 Å². The zero-order valence-electron chi connectivity index (χ0n) is 20.6. The van der Waals surface area contributed by atoms with E-state index in [1.54, 1.807) is 21.9 Å². The van der Waals surface area contributed by atoms with Crippen molar-refractivity contribution >= 4 is 33.2 Å². The number of nitrogens with zero attached hydrogens (tertiary/aromatic N) is 3. The average Bonchev–Trinajstić information content (AvgIpc) is 3.27. The molecule has 2 amide bonds. The lowest BCUT2D eigenvalue weighted by atomic mass is 10.0. The van der Waals surface area contributed by atoms with E-state index >= 15 is 0 Å². The van der Waals surface area contributed by atoms with Gasteiger partial charge in [0, 0.05) is 51.0 Å². The summed E-state index contributed by atoms with van der Waals surface area (Å²) in [7, 11) is -3.91. The van der Waals surface area contributed by atoms with E-state index in [0.717, 1.165) is 16.9 Å². The van der Waals surface area contributed by atoms with Crippen LogP contribution in [0.5, 0.6) is 0 Å². The molecule has 0 radical (unpaired) electrons. The molecule has 2 aromatic rings. The maximum atomic E-state index is 13.4. The summed E-state index contributed by atoms with van der Waals surface area (Å²) in [6.07, 6.45) is 1.03. The Kier molecular flexibility index (Phi) is 7.47. The molecule has 1 atom stereocenters. The molecule has 2 heterocycles. The molecule has 2 aliphatic rings. The standard InChI is InChI=1S/C26H34N4O4S/c1-19(2)17-24(26(32)29-15-13-28(14-16-29)22-7-5-4-6-8-22)27-35(33,34)23-9-10-25-21(18-23)11-12-30(25)20(3)31/h4-10,18-19,24,27H,11-17H2,1-3H3/t24-/m0/s1. The molecule has 9 heteroatoms. The summed E-state index contributed by atoms with van der Waals surface area (Å²) >= 11 is 0. The largest absolute Gasteiger partial charge is 0.368 e. The number of hydrogen-bond donors (Lipinski definition) is 1. The van der Waals surface area contributed by atoms with Gasteiger partial charge in [-0.1, -0.05) is 32.0 Å². The number of sulfonamides is 1.